The molecule has 0 saturated heterocycles. The van der Waals surface area contributed by atoms with Crippen molar-refractivity contribution in [3.05, 3.63) is 11.4 Å². The maximum atomic E-state index is 12.2. The molecule has 0 aliphatic heterocycles. The van der Waals surface area contributed by atoms with Crippen molar-refractivity contribution in [1.82, 2.24) is 0 Å². The third kappa shape index (κ3) is 1.64. The zero-order chi connectivity index (χ0) is 9.52. The number of hydrogen-bond acceptors (Lipinski definition) is 1. The monoisotopic (exact) mass is 210 g/mol. The molecule has 1 rings (SSSR count). The van der Waals surface area contributed by atoms with Gasteiger partial charge in [0.15, 0.2) is 5.29 Å². The van der Waals surface area contributed by atoms with Gasteiger partial charge < -0.3 is 0 Å². The Morgan fingerprint density at radius 1 is 1.50 bits per heavy atom. The van der Waals surface area contributed by atoms with Crippen molar-refractivity contribution < 1.29 is 9.18 Å². The highest BCUT2D eigenvalue weighted by molar-refractivity contribution is 6.64. The molecule has 0 aromatic carbocycles. The average Bonchev–Trinajstić information content (AvgIpc) is 2.32. The van der Waals surface area contributed by atoms with Crippen LogP contribution in [-0.2, 0) is 4.79 Å². The van der Waals surface area contributed by atoms with Gasteiger partial charge in [0.25, 0.3) is 0 Å². The molecule has 2 atom stereocenters. The molecule has 1 aliphatic rings. The van der Waals surface area contributed by atoms with Gasteiger partial charge in [0.05, 0.1) is 0 Å². The largest absolute Gasteiger partial charge is 0.281 e. The minimum absolute atomic E-state index is 0.153. The molecule has 68 valence electrons. The van der Waals surface area contributed by atoms with Gasteiger partial charge in [-0.1, -0.05) is 25.4 Å². The molecule has 0 bridgehead atoms. The Morgan fingerprint density at radius 2 is 2.00 bits per heavy atom. The molecule has 0 N–H and O–H groups in total. The van der Waals surface area contributed by atoms with Gasteiger partial charge >= 0.3 is 0 Å². The van der Waals surface area contributed by atoms with Crippen LogP contribution in [0.1, 0.15) is 13.8 Å². The summed E-state index contributed by atoms with van der Waals surface area (Å²) in [5, 5.41) is -1.19. The first kappa shape index (κ1) is 10.0. The van der Waals surface area contributed by atoms with E-state index in [4.69, 9.17) is 23.2 Å². The van der Waals surface area contributed by atoms with Crippen LogP contribution in [0.2, 0.25) is 0 Å². The quantitative estimate of drug-likeness (QED) is 0.641. The lowest BCUT2D eigenvalue weighted by Crippen LogP contribution is -1.96. The van der Waals surface area contributed by atoms with Crippen molar-refractivity contribution in [1.29, 1.82) is 0 Å². The van der Waals surface area contributed by atoms with E-state index in [1.54, 1.807) is 0 Å². The molecule has 1 aliphatic carbocycles. The molecule has 1 saturated carbocycles. The van der Waals surface area contributed by atoms with Gasteiger partial charge in [-0.3, -0.25) is 4.79 Å². The van der Waals surface area contributed by atoms with E-state index in [-0.39, 0.29) is 17.3 Å². The van der Waals surface area contributed by atoms with Crippen molar-refractivity contribution in [3.8, 4) is 0 Å². The minimum atomic E-state index is -0.770. The summed E-state index contributed by atoms with van der Waals surface area (Å²) in [5.41, 5.74) is -0.245. The molecule has 0 spiro atoms. The smallest absolute Gasteiger partial charge is 0.225 e. The fourth-order valence-electron chi connectivity index (χ4n) is 1.56. The summed E-state index contributed by atoms with van der Waals surface area (Å²) in [7, 11) is 0. The molecule has 4 heteroatoms. The molecule has 0 aromatic rings. The first-order chi connectivity index (χ1) is 5.37. The number of hydrogen-bond donors (Lipinski definition) is 0. The Morgan fingerprint density at radius 3 is 2.25 bits per heavy atom. The SMILES string of the molecule is CC1(C)[C@H](/C=C(\F)Cl)[C@H]1C(=O)Cl. The van der Waals surface area contributed by atoms with Gasteiger partial charge in [0.1, 0.15) is 0 Å². The predicted octanol–water partition coefficient (Wildman–Crippen LogP) is 3.07. The molecular formula is C8H9Cl2FO. The van der Waals surface area contributed by atoms with Crippen molar-refractivity contribution >= 4 is 28.4 Å². The van der Waals surface area contributed by atoms with Crippen LogP contribution in [0.5, 0.6) is 0 Å². The van der Waals surface area contributed by atoms with Crippen LogP contribution in [-0.4, -0.2) is 5.24 Å². The maximum absolute atomic E-state index is 12.2. The van der Waals surface area contributed by atoms with Crippen LogP contribution in [0.3, 0.4) is 0 Å². The van der Waals surface area contributed by atoms with Crippen LogP contribution < -0.4 is 0 Å². The first-order valence-electron chi connectivity index (χ1n) is 3.59. The standard InChI is InChI=1S/C8H9Cl2FO/c1-8(2)4(3-5(9)11)6(8)7(10)12/h3-4,6H,1-2H3/b5-3-/t4-,6+/m1/s1. The van der Waals surface area contributed by atoms with E-state index in [0.29, 0.717) is 0 Å². The highest BCUT2D eigenvalue weighted by Crippen LogP contribution is 2.60. The highest BCUT2D eigenvalue weighted by atomic mass is 35.5. The van der Waals surface area contributed by atoms with Crippen LogP contribution in [0.25, 0.3) is 0 Å². The zero-order valence-corrected chi connectivity index (χ0v) is 8.29. The second-order valence-corrected chi connectivity index (χ2v) is 4.32. The van der Waals surface area contributed by atoms with E-state index in [9.17, 15) is 9.18 Å². The lowest BCUT2D eigenvalue weighted by Gasteiger charge is -1.95. The molecule has 1 nitrogen and oxygen atoms in total. The van der Waals surface area contributed by atoms with Crippen LogP contribution in [0.15, 0.2) is 11.4 Å². The minimum Gasteiger partial charge on any atom is -0.281 e. The van der Waals surface area contributed by atoms with E-state index >= 15 is 0 Å². The molecule has 12 heavy (non-hydrogen) atoms. The summed E-state index contributed by atoms with van der Waals surface area (Å²) in [4.78, 5) is 10.8. The normalized spacial score (nSPS) is 33.2. The summed E-state index contributed by atoms with van der Waals surface area (Å²) in [5.74, 6) is -0.441. The predicted molar refractivity (Wildman–Crippen MR) is 46.7 cm³/mol. The molecule has 0 amide bonds. The Hall–Kier alpha value is -0.0800. The second kappa shape index (κ2) is 3.00. The van der Waals surface area contributed by atoms with Gasteiger partial charge in [0.2, 0.25) is 5.24 Å². The summed E-state index contributed by atoms with van der Waals surface area (Å²) in [6, 6.07) is 0. The Balaban J connectivity index is 2.73. The van der Waals surface area contributed by atoms with Gasteiger partial charge in [0, 0.05) is 5.92 Å². The fourth-order valence-corrected chi connectivity index (χ4v) is 2.11. The zero-order valence-electron chi connectivity index (χ0n) is 6.77. The third-order valence-corrected chi connectivity index (χ3v) is 2.82. The summed E-state index contributed by atoms with van der Waals surface area (Å²) >= 11 is 10.4. The van der Waals surface area contributed by atoms with Crippen molar-refractivity contribution in [2.45, 2.75) is 13.8 Å². The molecule has 1 fully saturated rings. The Labute approximate surface area is 80.5 Å². The first-order valence-corrected chi connectivity index (χ1v) is 4.35. The lowest BCUT2D eigenvalue weighted by atomic mass is 10.1. The number of allylic oxidation sites excluding steroid dienone is 1. The van der Waals surface area contributed by atoms with E-state index in [1.807, 2.05) is 13.8 Å². The van der Waals surface area contributed by atoms with Gasteiger partial charge in [-0.2, -0.15) is 4.39 Å². The van der Waals surface area contributed by atoms with Crippen LogP contribution in [0.4, 0.5) is 4.39 Å². The maximum Gasteiger partial charge on any atom is 0.225 e. The van der Waals surface area contributed by atoms with Crippen LogP contribution in [0, 0.1) is 17.3 Å². The van der Waals surface area contributed by atoms with Crippen molar-refractivity contribution in [2.75, 3.05) is 0 Å². The number of halogens is 3. The molecule has 0 aromatic heterocycles. The van der Waals surface area contributed by atoms with Crippen LogP contribution >= 0.6 is 23.2 Å². The van der Waals surface area contributed by atoms with E-state index < -0.39 is 10.5 Å². The average molecular weight is 211 g/mol. The van der Waals surface area contributed by atoms with Crippen molar-refractivity contribution in [2.24, 2.45) is 17.3 Å². The summed E-state index contributed by atoms with van der Waals surface area (Å²) in [6.45, 7) is 3.72. The van der Waals surface area contributed by atoms with Gasteiger partial charge in [-0.25, -0.2) is 0 Å². The van der Waals surface area contributed by atoms with Crippen molar-refractivity contribution in [3.63, 3.8) is 0 Å². The summed E-state index contributed by atoms with van der Waals surface area (Å²) in [6.07, 6.45) is 1.24. The molecule has 0 heterocycles. The third-order valence-electron chi connectivity index (χ3n) is 2.46. The molecule has 0 radical (unpaired) electrons. The highest BCUT2D eigenvalue weighted by Gasteiger charge is 2.60. The van der Waals surface area contributed by atoms with Gasteiger partial charge in [-0.15, -0.1) is 0 Å². The Bertz CT molecular complexity index is 243. The fraction of sp³-hybridized carbons (Fsp3) is 0.625. The van der Waals surface area contributed by atoms with E-state index in [1.165, 1.54) is 6.08 Å². The van der Waals surface area contributed by atoms with E-state index in [2.05, 4.69) is 0 Å². The second-order valence-electron chi connectivity index (χ2n) is 3.59. The lowest BCUT2D eigenvalue weighted by molar-refractivity contribution is -0.113. The summed E-state index contributed by atoms with van der Waals surface area (Å²) < 4.78 is 12.2. The number of rotatable bonds is 2. The molecular weight excluding hydrogens is 202 g/mol. The Kier molecular flexibility index (Phi) is 2.50. The number of carbonyl (C=O) groups is 1. The topological polar surface area (TPSA) is 17.1 Å². The molecule has 0 unspecified atom stereocenters. The van der Waals surface area contributed by atoms with Gasteiger partial charge in [-0.05, 0) is 29.0 Å². The number of carbonyl (C=O) groups excluding carboxylic acids is 1. The van der Waals surface area contributed by atoms with E-state index in [0.717, 1.165) is 0 Å².